The fourth-order valence-corrected chi connectivity index (χ4v) is 3.25. The Bertz CT molecular complexity index is 1180. The van der Waals surface area contributed by atoms with Crippen LogP contribution in [0.25, 0.3) is 22.0 Å². The molecular formula is C22H20N4O2. The van der Waals surface area contributed by atoms with E-state index >= 15 is 0 Å². The number of rotatable bonds is 5. The molecule has 1 amide bonds. The lowest BCUT2D eigenvalue weighted by atomic mass is 10.00. The van der Waals surface area contributed by atoms with Gasteiger partial charge < -0.3 is 10.5 Å². The van der Waals surface area contributed by atoms with Crippen molar-refractivity contribution in [1.82, 2.24) is 14.8 Å². The number of carbonyl (C=O) groups excluding carboxylic acids is 1. The Balaban J connectivity index is 1.53. The van der Waals surface area contributed by atoms with Crippen LogP contribution in [0.4, 0.5) is 0 Å². The summed E-state index contributed by atoms with van der Waals surface area (Å²) in [5, 5.41) is 5.28. The fraction of sp³-hybridized carbons (Fsp3) is 0.136. The average molecular weight is 372 g/mol. The Morgan fingerprint density at radius 3 is 2.71 bits per heavy atom. The summed E-state index contributed by atoms with van der Waals surface area (Å²) in [5.41, 5.74) is 10.7. The standard InChI is InChI=1S/C22H20N4O2/c1-14-9-15(3-5-20(14)22(23)27)16-7-8-24-18(10-16)13-28-19-4-6-21-17(11-19)12-25-26(21)2/h3-12H,13H2,1-2H3,(H2,23,27). The third-order valence-electron chi connectivity index (χ3n) is 4.75. The first-order valence-electron chi connectivity index (χ1n) is 8.91. The molecule has 0 radical (unpaired) electrons. The van der Waals surface area contributed by atoms with Crippen LogP contribution in [0.3, 0.4) is 0 Å². The first-order valence-corrected chi connectivity index (χ1v) is 8.91. The van der Waals surface area contributed by atoms with Crippen LogP contribution in [0.15, 0.2) is 60.9 Å². The van der Waals surface area contributed by atoms with E-state index in [1.165, 1.54) is 0 Å². The summed E-state index contributed by atoms with van der Waals surface area (Å²) in [6.07, 6.45) is 3.58. The lowest BCUT2D eigenvalue weighted by Crippen LogP contribution is -2.12. The van der Waals surface area contributed by atoms with Gasteiger partial charge in [-0.3, -0.25) is 14.5 Å². The number of benzene rings is 2. The minimum Gasteiger partial charge on any atom is -0.487 e. The zero-order valence-electron chi connectivity index (χ0n) is 15.7. The zero-order chi connectivity index (χ0) is 19.7. The topological polar surface area (TPSA) is 83.0 Å². The van der Waals surface area contributed by atoms with Gasteiger partial charge in [-0.2, -0.15) is 5.10 Å². The van der Waals surface area contributed by atoms with Gasteiger partial charge in [-0.1, -0.05) is 12.1 Å². The van der Waals surface area contributed by atoms with Crippen molar-refractivity contribution in [2.24, 2.45) is 12.8 Å². The molecule has 2 aromatic carbocycles. The van der Waals surface area contributed by atoms with Gasteiger partial charge in [0.15, 0.2) is 0 Å². The van der Waals surface area contributed by atoms with E-state index in [1.807, 2.05) is 67.3 Å². The van der Waals surface area contributed by atoms with Crippen LogP contribution in [-0.2, 0) is 13.7 Å². The molecule has 4 aromatic rings. The number of amides is 1. The van der Waals surface area contributed by atoms with Crippen LogP contribution in [-0.4, -0.2) is 20.7 Å². The molecule has 0 spiro atoms. The quantitative estimate of drug-likeness (QED) is 0.580. The van der Waals surface area contributed by atoms with Crippen LogP contribution in [0.1, 0.15) is 21.6 Å². The van der Waals surface area contributed by atoms with Gasteiger partial charge in [0, 0.05) is 24.2 Å². The maximum Gasteiger partial charge on any atom is 0.248 e. The summed E-state index contributed by atoms with van der Waals surface area (Å²) in [7, 11) is 1.91. The molecule has 2 aromatic heterocycles. The molecule has 4 rings (SSSR count). The van der Waals surface area contributed by atoms with Crippen LogP contribution < -0.4 is 10.5 Å². The molecule has 6 heteroatoms. The smallest absolute Gasteiger partial charge is 0.248 e. The van der Waals surface area contributed by atoms with Gasteiger partial charge in [-0.25, -0.2) is 0 Å². The SMILES string of the molecule is Cc1cc(-c2ccnc(COc3ccc4c(cnn4C)c3)c2)ccc1C(N)=O. The van der Waals surface area contributed by atoms with Crippen molar-refractivity contribution in [2.45, 2.75) is 13.5 Å². The van der Waals surface area contributed by atoms with Crippen molar-refractivity contribution >= 4 is 16.8 Å². The van der Waals surface area contributed by atoms with E-state index in [4.69, 9.17) is 10.5 Å². The molecule has 0 saturated heterocycles. The third kappa shape index (κ3) is 3.44. The molecule has 6 nitrogen and oxygen atoms in total. The lowest BCUT2D eigenvalue weighted by molar-refractivity contribution is 0.0999. The van der Waals surface area contributed by atoms with E-state index in [-0.39, 0.29) is 0 Å². The second-order valence-electron chi connectivity index (χ2n) is 6.71. The van der Waals surface area contributed by atoms with Gasteiger partial charge in [0.05, 0.1) is 17.4 Å². The number of fused-ring (bicyclic) bond motifs is 1. The highest BCUT2D eigenvalue weighted by molar-refractivity contribution is 5.94. The molecule has 0 unspecified atom stereocenters. The van der Waals surface area contributed by atoms with Crippen LogP contribution in [0.2, 0.25) is 0 Å². The van der Waals surface area contributed by atoms with Crippen molar-refractivity contribution in [3.05, 3.63) is 77.7 Å². The molecule has 0 aliphatic carbocycles. The number of nitrogens with zero attached hydrogens (tertiary/aromatic N) is 3. The van der Waals surface area contributed by atoms with Gasteiger partial charge in [0.1, 0.15) is 12.4 Å². The number of carbonyl (C=O) groups is 1. The highest BCUT2D eigenvalue weighted by Gasteiger charge is 2.08. The molecule has 0 aliphatic rings. The highest BCUT2D eigenvalue weighted by atomic mass is 16.5. The molecule has 140 valence electrons. The number of ether oxygens (including phenoxy) is 1. The number of aryl methyl sites for hydroxylation is 2. The number of hydrogen-bond acceptors (Lipinski definition) is 4. The summed E-state index contributed by atoms with van der Waals surface area (Å²) in [5.74, 6) is 0.354. The molecular weight excluding hydrogens is 352 g/mol. The van der Waals surface area contributed by atoms with Crippen molar-refractivity contribution < 1.29 is 9.53 Å². The average Bonchev–Trinajstić information content (AvgIpc) is 3.06. The van der Waals surface area contributed by atoms with Crippen molar-refractivity contribution in [3.63, 3.8) is 0 Å². The lowest BCUT2D eigenvalue weighted by Gasteiger charge is -2.09. The largest absolute Gasteiger partial charge is 0.487 e. The highest BCUT2D eigenvalue weighted by Crippen LogP contribution is 2.24. The molecule has 2 heterocycles. The van der Waals surface area contributed by atoms with Gasteiger partial charge >= 0.3 is 0 Å². The number of nitrogens with two attached hydrogens (primary N) is 1. The van der Waals surface area contributed by atoms with E-state index in [0.717, 1.165) is 39.0 Å². The van der Waals surface area contributed by atoms with Gasteiger partial charge in [-0.05, 0) is 60.0 Å². The third-order valence-corrected chi connectivity index (χ3v) is 4.75. The number of pyridine rings is 1. The maximum atomic E-state index is 11.4. The van der Waals surface area contributed by atoms with Crippen molar-refractivity contribution in [2.75, 3.05) is 0 Å². The monoisotopic (exact) mass is 372 g/mol. The summed E-state index contributed by atoms with van der Waals surface area (Å²) in [6, 6.07) is 15.4. The van der Waals surface area contributed by atoms with Crippen LogP contribution in [0.5, 0.6) is 5.75 Å². The summed E-state index contributed by atoms with van der Waals surface area (Å²) < 4.78 is 7.74. The van der Waals surface area contributed by atoms with E-state index in [2.05, 4.69) is 10.1 Å². The number of aromatic nitrogens is 3. The Morgan fingerprint density at radius 2 is 1.93 bits per heavy atom. The molecule has 2 N–H and O–H groups in total. The fourth-order valence-electron chi connectivity index (χ4n) is 3.25. The Labute approximate surface area is 162 Å². The van der Waals surface area contributed by atoms with E-state index in [0.29, 0.717) is 12.2 Å². The molecule has 0 atom stereocenters. The molecule has 28 heavy (non-hydrogen) atoms. The summed E-state index contributed by atoms with van der Waals surface area (Å²) in [4.78, 5) is 15.8. The van der Waals surface area contributed by atoms with Crippen molar-refractivity contribution in [3.8, 4) is 16.9 Å². The predicted octanol–water partition coefficient (Wildman–Crippen LogP) is 3.62. The zero-order valence-corrected chi connectivity index (χ0v) is 15.7. The first kappa shape index (κ1) is 17.7. The van der Waals surface area contributed by atoms with Crippen LogP contribution >= 0.6 is 0 Å². The van der Waals surface area contributed by atoms with Crippen LogP contribution in [0, 0.1) is 6.92 Å². The van der Waals surface area contributed by atoms with Gasteiger partial charge in [-0.15, -0.1) is 0 Å². The minimum atomic E-state index is -0.418. The number of primary amides is 1. The van der Waals surface area contributed by atoms with E-state index < -0.39 is 5.91 Å². The van der Waals surface area contributed by atoms with E-state index in [9.17, 15) is 4.79 Å². The number of hydrogen-bond donors (Lipinski definition) is 1. The molecule has 0 fully saturated rings. The van der Waals surface area contributed by atoms with Crippen molar-refractivity contribution in [1.29, 1.82) is 0 Å². The summed E-state index contributed by atoms with van der Waals surface area (Å²) >= 11 is 0. The normalized spacial score (nSPS) is 10.9. The maximum absolute atomic E-state index is 11.4. The second kappa shape index (κ2) is 7.15. The second-order valence-corrected chi connectivity index (χ2v) is 6.71. The molecule has 0 bridgehead atoms. The van der Waals surface area contributed by atoms with E-state index in [1.54, 1.807) is 12.3 Å². The van der Waals surface area contributed by atoms with Gasteiger partial charge in [0.2, 0.25) is 5.91 Å². The predicted molar refractivity (Wildman–Crippen MR) is 108 cm³/mol. The van der Waals surface area contributed by atoms with Gasteiger partial charge in [0.25, 0.3) is 0 Å². The molecule has 0 saturated carbocycles. The Hall–Kier alpha value is -3.67. The molecule has 0 aliphatic heterocycles. The Morgan fingerprint density at radius 1 is 1.11 bits per heavy atom. The minimum absolute atomic E-state index is 0.359. The summed E-state index contributed by atoms with van der Waals surface area (Å²) in [6.45, 7) is 2.24. The Kier molecular flexibility index (Phi) is 4.53. The first-order chi connectivity index (χ1) is 13.5.